The van der Waals surface area contributed by atoms with Gasteiger partial charge in [-0.1, -0.05) is 35.8 Å². The largest absolute Gasteiger partial charge is 0.383 e. The van der Waals surface area contributed by atoms with Gasteiger partial charge in [-0.3, -0.25) is 0 Å². The summed E-state index contributed by atoms with van der Waals surface area (Å²) >= 11 is 3.69. The molecule has 3 nitrogen and oxygen atoms in total. The fourth-order valence-corrected chi connectivity index (χ4v) is 2.90. The van der Waals surface area contributed by atoms with E-state index in [-0.39, 0.29) is 0 Å². The Bertz CT molecular complexity index is 423. The van der Waals surface area contributed by atoms with Crippen LogP contribution in [0.5, 0.6) is 0 Å². The molecule has 1 aromatic carbocycles. The van der Waals surface area contributed by atoms with Crippen LogP contribution in [-0.2, 0) is 11.3 Å². The van der Waals surface area contributed by atoms with Crippen molar-refractivity contribution in [1.82, 2.24) is 5.32 Å². The molecule has 0 spiro atoms. The minimum Gasteiger partial charge on any atom is -0.383 e. The van der Waals surface area contributed by atoms with Crippen LogP contribution >= 0.6 is 15.9 Å². The van der Waals surface area contributed by atoms with Gasteiger partial charge in [0.25, 0.3) is 0 Å². The molecule has 1 rings (SSSR count). The highest BCUT2D eigenvalue weighted by Gasteiger charge is 2.12. The van der Waals surface area contributed by atoms with E-state index in [1.165, 1.54) is 17.7 Å². The van der Waals surface area contributed by atoms with Crippen LogP contribution in [-0.4, -0.2) is 33.4 Å². The molecule has 0 aliphatic carbocycles. The first-order chi connectivity index (χ1) is 9.95. The summed E-state index contributed by atoms with van der Waals surface area (Å²) in [6, 6.07) is 7.15. The van der Waals surface area contributed by atoms with Crippen LogP contribution in [0.4, 0.5) is 5.69 Å². The van der Waals surface area contributed by atoms with E-state index in [1.807, 2.05) is 0 Å². The molecule has 1 unspecified atom stereocenters. The number of anilines is 1. The summed E-state index contributed by atoms with van der Waals surface area (Å²) in [7, 11) is 3.89. The van der Waals surface area contributed by atoms with Crippen molar-refractivity contribution in [2.75, 3.05) is 32.2 Å². The van der Waals surface area contributed by atoms with Crippen LogP contribution < -0.4 is 10.2 Å². The van der Waals surface area contributed by atoms with Crippen molar-refractivity contribution < 1.29 is 4.74 Å². The Hall–Kier alpha value is -0.580. The van der Waals surface area contributed by atoms with Crippen molar-refractivity contribution in [3.63, 3.8) is 0 Å². The number of nitrogens with one attached hydrogen (secondary N) is 1. The molecule has 1 N–H and O–H groups in total. The monoisotopic (exact) mass is 356 g/mol. The highest BCUT2D eigenvalue weighted by Crippen LogP contribution is 2.26. The standard InChI is InChI=1S/C17H29BrN2O/c1-13(2)10-14(3)20(4)16-7-6-15(17(18)11-16)12-19-8-9-21-5/h6-7,11,13-14,19H,8-10,12H2,1-5H3. The van der Waals surface area contributed by atoms with Gasteiger partial charge in [0.05, 0.1) is 6.61 Å². The summed E-state index contributed by atoms with van der Waals surface area (Å²) in [5, 5.41) is 3.37. The lowest BCUT2D eigenvalue weighted by Gasteiger charge is -2.29. The maximum absolute atomic E-state index is 5.04. The van der Waals surface area contributed by atoms with E-state index in [4.69, 9.17) is 4.74 Å². The number of nitrogens with zero attached hydrogens (tertiary/aromatic N) is 1. The Labute approximate surface area is 138 Å². The van der Waals surface area contributed by atoms with Gasteiger partial charge in [0.1, 0.15) is 0 Å². The third-order valence-electron chi connectivity index (χ3n) is 3.72. The molecule has 0 amide bonds. The van der Waals surface area contributed by atoms with E-state index in [9.17, 15) is 0 Å². The second-order valence-corrected chi connectivity index (χ2v) is 6.89. The van der Waals surface area contributed by atoms with Gasteiger partial charge in [0.15, 0.2) is 0 Å². The minimum atomic E-state index is 0.544. The lowest BCUT2D eigenvalue weighted by molar-refractivity contribution is 0.199. The summed E-state index contributed by atoms with van der Waals surface area (Å²) in [6.45, 7) is 9.30. The summed E-state index contributed by atoms with van der Waals surface area (Å²) in [4.78, 5) is 2.35. The highest BCUT2D eigenvalue weighted by atomic mass is 79.9. The van der Waals surface area contributed by atoms with Gasteiger partial charge in [0.2, 0.25) is 0 Å². The van der Waals surface area contributed by atoms with Crippen LogP contribution in [0.25, 0.3) is 0 Å². The normalized spacial score (nSPS) is 12.7. The number of methoxy groups -OCH3 is 1. The molecular formula is C17H29BrN2O. The fraction of sp³-hybridized carbons (Fsp3) is 0.647. The zero-order valence-electron chi connectivity index (χ0n) is 13.9. The second-order valence-electron chi connectivity index (χ2n) is 6.03. The molecule has 0 saturated carbocycles. The molecule has 0 heterocycles. The van der Waals surface area contributed by atoms with Gasteiger partial charge in [-0.2, -0.15) is 0 Å². The maximum Gasteiger partial charge on any atom is 0.0587 e. The molecule has 1 aromatic rings. The first-order valence-electron chi connectivity index (χ1n) is 7.66. The molecule has 0 aliphatic heterocycles. The van der Waals surface area contributed by atoms with Gasteiger partial charge in [-0.05, 0) is 37.0 Å². The molecule has 120 valence electrons. The van der Waals surface area contributed by atoms with Crippen LogP contribution in [0.1, 0.15) is 32.8 Å². The summed E-state index contributed by atoms with van der Waals surface area (Å²) in [6.07, 6.45) is 1.20. The molecule has 21 heavy (non-hydrogen) atoms. The van der Waals surface area contributed by atoms with Gasteiger partial charge >= 0.3 is 0 Å². The molecule has 1 atom stereocenters. The topological polar surface area (TPSA) is 24.5 Å². The SMILES string of the molecule is COCCNCc1ccc(N(C)C(C)CC(C)C)cc1Br. The Balaban J connectivity index is 2.64. The van der Waals surface area contributed by atoms with Crippen molar-refractivity contribution in [2.45, 2.75) is 39.8 Å². The quantitative estimate of drug-likeness (QED) is 0.675. The molecule has 0 bridgehead atoms. The number of halogens is 1. The molecule has 0 radical (unpaired) electrons. The van der Waals surface area contributed by atoms with E-state index in [2.05, 4.69) is 72.2 Å². The lowest BCUT2D eigenvalue weighted by atomic mass is 10.0. The molecule has 0 aromatic heterocycles. The molecular weight excluding hydrogens is 328 g/mol. The number of benzene rings is 1. The molecule has 0 saturated heterocycles. The lowest BCUT2D eigenvalue weighted by Crippen LogP contribution is -2.30. The first kappa shape index (κ1) is 18.5. The smallest absolute Gasteiger partial charge is 0.0587 e. The highest BCUT2D eigenvalue weighted by molar-refractivity contribution is 9.10. The van der Waals surface area contributed by atoms with E-state index < -0.39 is 0 Å². The summed E-state index contributed by atoms with van der Waals surface area (Å²) in [5.41, 5.74) is 2.54. The Morgan fingerprint density at radius 3 is 2.57 bits per heavy atom. The molecule has 4 heteroatoms. The van der Waals surface area contributed by atoms with Crippen LogP contribution in [0.2, 0.25) is 0 Å². The third-order valence-corrected chi connectivity index (χ3v) is 4.45. The van der Waals surface area contributed by atoms with Crippen molar-refractivity contribution in [3.05, 3.63) is 28.2 Å². The number of rotatable bonds is 9. The van der Waals surface area contributed by atoms with Crippen molar-refractivity contribution in [2.24, 2.45) is 5.92 Å². The maximum atomic E-state index is 5.04. The summed E-state index contributed by atoms with van der Waals surface area (Å²) < 4.78 is 6.20. The second kappa shape index (κ2) is 9.44. The Kier molecular flexibility index (Phi) is 8.30. The van der Waals surface area contributed by atoms with Gasteiger partial charge in [0, 0.05) is 43.4 Å². The fourth-order valence-electron chi connectivity index (χ4n) is 2.39. The van der Waals surface area contributed by atoms with Crippen LogP contribution in [0.3, 0.4) is 0 Å². The van der Waals surface area contributed by atoms with Crippen LogP contribution in [0, 0.1) is 5.92 Å². The van der Waals surface area contributed by atoms with E-state index in [0.29, 0.717) is 6.04 Å². The number of hydrogen-bond acceptors (Lipinski definition) is 3. The third kappa shape index (κ3) is 6.37. The average molecular weight is 357 g/mol. The van der Waals surface area contributed by atoms with Gasteiger partial charge < -0.3 is 15.0 Å². The predicted octanol–water partition coefficient (Wildman–Crippen LogP) is 4.06. The number of hydrogen-bond donors (Lipinski definition) is 1. The van der Waals surface area contributed by atoms with Gasteiger partial charge in [-0.15, -0.1) is 0 Å². The number of ether oxygens (including phenoxy) is 1. The molecule has 0 fully saturated rings. The van der Waals surface area contributed by atoms with Crippen LogP contribution in [0.15, 0.2) is 22.7 Å². The minimum absolute atomic E-state index is 0.544. The molecule has 0 aliphatic rings. The van der Waals surface area contributed by atoms with E-state index >= 15 is 0 Å². The zero-order chi connectivity index (χ0) is 15.8. The van der Waals surface area contributed by atoms with Crippen molar-refractivity contribution >= 4 is 21.6 Å². The van der Waals surface area contributed by atoms with E-state index in [1.54, 1.807) is 7.11 Å². The first-order valence-corrected chi connectivity index (χ1v) is 8.46. The van der Waals surface area contributed by atoms with Crippen molar-refractivity contribution in [3.8, 4) is 0 Å². The van der Waals surface area contributed by atoms with Crippen molar-refractivity contribution in [1.29, 1.82) is 0 Å². The zero-order valence-corrected chi connectivity index (χ0v) is 15.5. The summed E-state index contributed by atoms with van der Waals surface area (Å²) in [5.74, 6) is 0.718. The Morgan fingerprint density at radius 2 is 2.00 bits per heavy atom. The van der Waals surface area contributed by atoms with Gasteiger partial charge in [-0.25, -0.2) is 0 Å². The van der Waals surface area contributed by atoms with E-state index in [0.717, 1.165) is 30.1 Å². The average Bonchev–Trinajstić information content (AvgIpc) is 2.43. The Morgan fingerprint density at radius 1 is 1.29 bits per heavy atom. The predicted molar refractivity (Wildman–Crippen MR) is 95.0 cm³/mol.